The highest BCUT2D eigenvalue weighted by molar-refractivity contribution is 7.47. The van der Waals surface area contributed by atoms with Gasteiger partial charge in [-0.2, -0.15) is 0 Å². The molecule has 0 saturated carbocycles. The summed E-state index contributed by atoms with van der Waals surface area (Å²) < 4.78 is 32.7. The van der Waals surface area contributed by atoms with Crippen molar-refractivity contribution in [2.24, 2.45) is 5.73 Å². The number of nitrogens with two attached hydrogens (primary N) is 1. The van der Waals surface area contributed by atoms with Gasteiger partial charge in [0.1, 0.15) is 6.61 Å². The number of phosphoric acid groups is 1. The van der Waals surface area contributed by atoms with Crippen LogP contribution in [0.15, 0.2) is 85.1 Å². The van der Waals surface area contributed by atoms with Crippen LogP contribution in [0.4, 0.5) is 0 Å². The second-order valence-corrected chi connectivity index (χ2v) is 15.3. The maximum Gasteiger partial charge on any atom is 0.472 e. The Labute approximate surface area is 341 Å². The molecule has 0 amide bonds. The molecule has 0 aromatic rings. The van der Waals surface area contributed by atoms with E-state index in [2.05, 4.69) is 98.9 Å². The van der Waals surface area contributed by atoms with Crippen molar-refractivity contribution < 1.29 is 37.6 Å². The van der Waals surface area contributed by atoms with Gasteiger partial charge in [-0.1, -0.05) is 144 Å². The number of carbonyl (C=O) groups excluding carboxylic acids is 2. The van der Waals surface area contributed by atoms with E-state index in [0.717, 1.165) is 103 Å². The van der Waals surface area contributed by atoms with E-state index in [1.807, 2.05) is 0 Å². The quantitative estimate of drug-likeness (QED) is 0.0269. The average molecular weight is 804 g/mol. The molecule has 0 fully saturated rings. The lowest BCUT2D eigenvalue weighted by Gasteiger charge is -2.19. The SMILES string of the molecule is CC/C=C\C/C=C\C/C=C\C/C=C\C/C=C\C/C=C\CCCCCCC(=O)OC(COC(=O)CCCCCCC/C=C\CCCCC)COP(=O)(O)OCCN. The van der Waals surface area contributed by atoms with Gasteiger partial charge in [-0.15, -0.1) is 0 Å². The molecule has 320 valence electrons. The lowest BCUT2D eigenvalue weighted by atomic mass is 10.1. The number of allylic oxidation sites excluding steroid dienone is 14. The molecule has 9 nitrogen and oxygen atoms in total. The molecule has 0 spiro atoms. The van der Waals surface area contributed by atoms with Crippen LogP contribution in [0.3, 0.4) is 0 Å². The number of hydrogen-bond donors (Lipinski definition) is 2. The number of ether oxygens (including phenoxy) is 2. The minimum Gasteiger partial charge on any atom is -0.462 e. The molecule has 0 aliphatic heterocycles. The highest BCUT2D eigenvalue weighted by atomic mass is 31.2. The van der Waals surface area contributed by atoms with Gasteiger partial charge in [0, 0.05) is 19.4 Å². The summed E-state index contributed by atoms with van der Waals surface area (Å²) in [6, 6.07) is 0. The smallest absolute Gasteiger partial charge is 0.462 e. The summed E-state index contributed by atoms with van der Waals surface area (Å²) in [4.78, 5) is 34.8. The molecule has 0 aromatic heterocycles. The Morgan fingerprint density at radius 1 is 0.554 bits per heavy atom. The Morgan fingerprint density at radius 3 is 1.48 bits per heavy atom. The number of phosphoric ester groups is 1. The van der Waals surface area contributed by atoms with Crippen molar-refractivity contribution in [2.75, 3.05) is 26.4 Å². The Hall–Kier alpha value is -2.81. The molecule has 56 heavy (non-hydrogen) atoms. The van der Waals surface area contributed by atoms with Crippen LogP contribution in [0.2, 0.25) is 0 Å². The molecular formula is C46H78NO8P. The summed E-state index contributed by atoms with van der Waals surface area (Å²) in [6.45, 7) is 3.53. The van der Waals surface area contributed by atoms with Crippen LogP contribution in [0.5, 0.6) is 0 Å². The Balaban J connectivity index is 4.23. The summed E-state index contributed by atoms with van der Waals surface area (Å²) in [5.74, 6) is -0.877. The van der Waals surface area contributed by atoms with Gasteiger partial charge in [0.15, 0.2) is 6.10 Å². The lowest BCUT2D eigenvalue weighted by Crippen LogP contribution is -2.29. The zero-order valence-corrected chi connectivity index (χ0v) is 36.0. The fourth-order valence-corrected chi connectivity index (χ4v) is 6.10. The van der Waals surface area contributed by atoms with Crippen LogP contribution in [0.1, 0.15) is 162 Å². The molecule has 0 heterocycles. The van der Waals surface area contributed by atoms with E-state index in [9.17, 15) is 19.0 Å². The number of carbonyl (C=O) groups is 2. The van der Waals surface area contributed by atoms with Crippen LogP contribution >= 0.6 is 7.82 Å². The second kappa shape index (κ2) is 41.8. The second-order valence-electron chi connectivity index (χ2n) is 13.8. The third-order valence-electron chi connectivity index (χ3n) is 8.52. The fraction of sp³-hybridized carbons (Fsp3) is 0.652. The van der Waals surface area contributed by atoms with Crippen LogP contribution in [-0.2, 0) is 32.7 Å². The highest BCUT2D eigenvalue weighted by Gasteiger charge is 2.26. The topological polar surface area (TPSA) is 134 Å². The first-order valence-electron chi connectivity index (χ1n) is 21.6. The molecule has 3 N–H and O–H groups in total. The van der Waals surface area contributed by atoms with Gasteiger partial charge in [-0.25, -0.2) is 4.57 Å². The molecule has 0 bridgehead atoms. The van der Waals surface area contributed by atoms with E-state index in [0.29, 0.717) is 12.8 Å². The molecule has 0 aliphatic rings. The molecule has 0 radical (unpaired) electrons. The maximum absolute atomic E-state index is 12.6. The first-order valence-corrected chi connectivity index (χ1v) is 23.1. The molecule has 0 rings (SSSR count). The number of unbranched alkanes of at least 4 members (excludes halogenated alkanes) is 12. The fourth-order valence-electron chi connectivity index (χ4n) is 5.34. The maximum atomic E-state index is 12.6. The Bertz CT molecular complexity index is 1190. The van der Waals surface area contributed by atoms with Crippen molar-refractivity contribution in [2.45, 2.75) is 168 Å². The van der Waals surface area contributed by atoms with Crippen molar-refractivity contribution in [3.63, 3.8) is 0 Å². The summed E-state index contributed by atoms with van der Waals surface area (Å²) in [7, 11) is -4.39. The largest absolute Gasteiger partial charge is 0.472 e. The van der Waals surface area contributed by atoms with Gasteiger partial charge in [-0.05, 0) is 89.9 Å². The monoisotopic (exact) mass is 804 g/mol. The van der Waals surface area contributed by atoms with Crippen molar-refractivity contribution in [3.8, 4) is 0 Å². The zero-order chi connectivity index (χ0) is 41.1. The van der Waals surface area contributed by atoms with Crippen molar-refractivity contribution in [1.29, 1.82) is 0 Å². The van der Waals surface area contributed by atoms with Gasteiger partial charge in [0.25, 0.3) is 0 Å². The van der Waals surface area contributed by atoms with Gasteiger partial charge >= 0.3 is 19.8 Å². The first-order chi connectivity index (χ1) is 27.3. The van der Waals surface area contributed by atoms with E-state index in [1.165, 1.54) is 19.3 Å². The summed E-state index contributed by atoms with van der Waals surface area (Å²) in [5.41, 5.74) is 5.34. The summed E-state index contributed by atoms with van der Waals surface area (Å²) in [5, 5.41) is 0. The third-order valence-corrected chi connectivity index (χ3v) is 9.50. The van der Waals surface area contributed by atoms with E-state index in [-0.39, 0.29) is 32.6 Å². The molecule has 10 heteroatoms. The lowest BCUT2D eigenvalue weighted by molar-refractivity contribution is -0.161. The van der Waals surface area contributed by atoms with Gasteiger partial charge < -0.3 is 20.1 Å². The highest BCUT2D eigenvalue weighted by Crippen LogP contribution is 2.43. The minimum absolute atomic E-state index is 0.0432. The van der Waals surface area contributed by atoms with Crippen molar-refractivity contribution >= 4 is 19.8 Å². The van der Waals surface area contributed by atoms with E-state index in [1.54, 1.807) is 0 Å². The summed E-state index contributed by atoms with van der Waals surface area (Å²) in [6.07, 6.45) is 51.8. The molecular weight excluding hydrogens is 725 g/mol. The number of hydrogen-bond acceptors (Lipinski definition) is 8. The van der Waals surface area contributed by atoms with Crippen molar-refractivity contribution in [3.05, 3.63) is 85.1 Å². The van der Waals surface area contributed by atoms with Crippen LogP contribution in [-0.4, -0.2) is 49.3 Å². The minimum atomic E-state index is -4.39. The number of esters is 2. The Kier molecular flexibility index (Phi) is 39.7. The standard InChI is InChI=1S/C46H78NO8P/c1-3-5-7-9-11-13-15-17-18-19-20-21-22-23-24-25-26-27-29-31-33-35-37-39-46(49)55-44(43-54-56(50,51)53-41-40-47)42-52-45(48)38-36-34-32-30-28-16-14-12-10-8-6-4-2/h5,7,11-14,17-18,20-21,23-24,26-27,44H,3-4,6,8-10,15-16,19,22,25,28-43,47H2,1-2H3,(H,50,51)/b7-5-,13-11-,14-12-,18-17-,21-20-,24-23-,27-26-. The molecule has 0 aliphatic carbocycles. The van der Waals surface area contributed by atoms with Crippen molar-refractivity contribution in [1.82, 2.24) is 0 Å². The predicted molar refractivity (Wildman–Crippen MR) is 233 cm³/mol. The molecule has 0 saturated heterocycles. The zero-order valence-electron chi connectivity index (χ0n) is 35.1. The van der Waals surface area contributed by atoms with Crippen LogP contribution < -0.4 is 5.73 Å². The number of rotatable bonds is 39. The molecule has 0 aromatic carbocycles. The first kappa shape index (κ1) is 53.2. The van der Waals surface area contributed by atoms with Crippen LogP contribution in [0.25, 0.3) is 0 Å². The molecule has 2 unspecified atom stereocenters. The van der Waals surface area contributed by atoms with Gasteiger partial charge in [0.2, 0.25) is 0 Å². The summed E-state index contributed by atoms with van der Waals surface area (Å²) >= 11 is 0. The average Bonchev–Trinajstić information content (AvgIpc) is 3.18. The third kappa shape index (κ3) is 40.8. The van der Waals surface area contributed by atoms with Gasteiger partial charge in [-0.3, -0.25) is 18.6 Å². The van der Waals surface area contributed by atoms with E-state index >= 15 is 0 Å². The Morgan fingerprint density at radius 2 is 0.982 bits per heavy atom. The predicted octanol–water partition coefficient (Wildman–Crippen LogP) is 12.4. The van der Waals surface area contributed by atoms with E-state index in [4.69, 9.17) is 24.3 Å². The molecule has 2 atom stereocenters. The van der Waals surface area contributed by atoms with E-state index < -0.39 is 32.5 Å². The normalized spacial score (nSPS) is 14.1. The van der Waals surface area contributed by atoms with Gasteiger partial charge in [0.05, 0.1) is 13.2 Å². The van der Waals surface area contributed by atoms with Crippen LogP contribution in [0, 0.1) is 0 Å².